The lowest BCUT2D eigenvalue weighted by molar-refractivity contribution is 0.470. The van der Waals surface area contributed by atoms with Crippen LogP contribution in [0.4, 0.5) is 5.69 Å². The quantitative estimate of drug-likeness (QED) is 0.606. The van der Waals surface area contributed by atoms with Crippen LogP contribution in [0.5, 0.6) is 0 Å². The van der Waals surface area contributed by atoms with E-state index >= 15 is 0 Å². The second-order valence-corrected chi connectivity index (χ2v) is 4.60. The molecule has 3 N–H and O–H groups in total. The number of aliphatic imine (C=N–C) groups is 1. The molecular weight excluding hydrogens is 210 g/mol. The molecule has 0 aromatic heterocycles. The van der Waals surface area contributed by atoms with E-state index in [1.807, 2.05) is 30.3 Å². The summed E-state index contributed by atoms with van der Waals surface area (Å²) in [5, 5.41) is 3.09. The van der Waals surface area contributed by atoms with Crippen LogP contribution in [-0.2, 0) is 0 Å². The van der Waals surface area contributed by atoms with Gasteiger partial charge in [-0.05, 0) is 31.4 Å². The number of rotatable bonds is 5. The molecule has 0 fully saturated rings. The van der Waals surface area contributed by atoms with Crippen molar-refractivity contribution in [2.24, 2.45) is 16.6 Å². The number of hydrogen-bond donors (Lipinski definition) is 2. The van der Waals surface area contributed by atoms with E-state index in [-0.39, 0.29) is 6.04 Å². The molecule has 3 nitrogen and oxygen atoms in total. The van der Waals surface area contributed by atoms with Gasteiger partial charge in [-0.1, -0.05) is 38.5 Å². The molecule has 0 aliphatic rings. The molecule has 1 aromatic carbocycles. The Labute approximate surface area is 104 Å². The van der Waals surface area contributed by atoms with Crippen molar-refractivity contribution in [3.05, 3.63) is 30.3 Å². The van der Waals surface area contributed by atoms with Crippen LogP contribution in [0, 0.1) is 5.92 Å². The van der Waals surface area contributed by atoms with E-state index in [9.17, 15) is 0 Å². The Balaban J connectivity index is 2.49. The fourth-order valence-electron chi connectivity index (χ4n) is 1.74. The Kier molecular flexibility index (Phi) is 5.53. The molecule has 17 heavy (non-hydrogen) atoms. The van der Waals surface area contributed by atoms with Gasteiger partial charge in [-0.25, -0.2) is 0 Å². The summed E-state index contributed by atoms with van der Waals surface area (Å²) >= 11 is 0. The standard InChI is InChI=1S/C14H23N3/c1-4-11(2)10-12(3)16-14(15)17-13-8-6-5-7-9-13/h5-9,11-12H,4,10H2,1-3H3,(H3,15,16,17). The number of benzene rings is 1. The number of anilines is 1. The number of para-hydroxylation sites is 1. The van der Waals surface area contributed by atoms with Crippen LogP contribution in [0.15, 0.2) is 35.3 Å². The largest absolute Gasteiger partial charge is 0.370 e. The molecule has 0 aliphatic carbocycles. The van der Waals surface area contributed by atoms with E-state index in [2.05, 4.69) is 31.1 Å². The maximum absolute atomic E-state index is 5.86. The highest BCUT2D eigenvalue weighted by Crippen LogP contribution is 2.12. The van der Waals surface area contributed by atoms with Gasteiger partial charge in [0.25, 0.3) is 0 Å². The summed E-state index contributed by atoms with van der Waals surface area (Å²) in [4.78, 5) is 4.44. The van der Waals surface area contributed by atoms with Gasteiger partial charge in [-0.15, -0.1) is 0 Å². The normalized spacial score (nSPS) is 15.4. The van der Waals surface area contributed by atoms with Gasteiger partial charge in [0.1, 0.15) is 0 Å². The minimum Gasteiger partial charge on any atom is -0.370 e. The minimum absolute atomic E-state index is 0.265. The van der Waals surface area contributed by atoms with Crippen molar-refractivity contribution in [3.63, 3.8) is 0 Å². The molecule has 0 heterocycles. The van der Waals surface area contributed by atoms with Gasteiger partial charge in [-0.3, -0.25) is 4.99 Å². The predicted molar refractivity (Wildman–Crippen MR) is 75.2 cm³/mol. The first kappa shape index (κ1) is 13.6. The molecule has 0 radical (unpaired) electrons. The maximum atomic E-state index is 5.86. The number of hydrogen-bond acceptors (Lipinski definition) is 1. The summed E-state index contributed by atoms with van der Waals surface area (Å²) in [6, 6.07) is 10.1. The molecule has 1 rings (SSSR count). The zero-order valence-electron chi connectivity index (χ0n) is 11.0. The van der Waals surface area contributed by atoms with E-state index in [1.54, 1.807) is 0 Å². The third-order valence-corrected chi connectivity index (χ3v) is 2.85. The summed E-state index contributed by atoms with van der Waals surface area (Å²) in [5.41, 5.74) is 6.84. The molecular formula is C14H23N3. The van der Waals surface area contributed by atoms with Gasteiger partial charge in [0.05, 0.1) is 6.04 Å². The van der Waals surface area contributed by atoms with Gasteiger partial charge < -0.3 is 11.1 Å². The topological polar surface area (TPSA) is 50.4 Å². The third kappa shape index (κ3) is 5.38. The predicted octanol–water partition coefficient (Wildman–Crippen LogP) is 3.24. The molecule has 0 saturated carbocycles. The molecule has 1 aromatic rings. The molecule has 2 unspecified atom stereocenters. The third-order valence-electron chi connectivity index (χ3n) is 2.85. The Bertz CT molecular complexity index is 346. The number of guanidine groups is 1. The Morgan fingerprint density at radius 2 is 1.94 bits per heavy atom. The SMILES string of the molecule is CCC(C)CC(C)N=C(N)Nc1ccccc1. The molecule has 0 saturated heterocycles. The Morgan fingerprint density at radius 1 is 1.29 bits per heavy atom. The van der Waals surface area contributed by atoms with Crippen molar-refractivity contribution >= 4 is 11.6 Å². The van der Waals surface area contributed by atoms with Crippen LogP contribution in [0.3, 0.4) is 0 Å². The first-order valence-corrected chi connectivity index (χ1v) is 6.27. The van der Waals surface area contributed by atoms with E-state index in [0.29, 0.717) is 11.9 Å². The van der Waals surface area contributed by atoms with Crippen LogP contribution in [0.25, 0.3) is 0 Å². The van der Waals surface area contributed by atoms with Gasteiger partial charge >= 0.3 is 0 Å². The summed E-state index contributed by atoms with van der Waals surface area (Å²) in [6.45, 7) is 6.55. The molecule has 2 atom stereocenters. The van der Waals surface area contributed by atoms with Crippen molar-refractivity contribution in [3.8, 4) is 0 Å². The maximum Gasteiger partial charge on any atom is 0.193 e. The van der Waals surface area contributed by atoms with Gasteiger partial charge in [-0.2, -0.15) is 0 Å². The summed E-state index contributed by atoms with van der Waals surface area (Å²) in [5.74, 6) is 1.19. The minimum atomic E-state index is 0.265. The van der Waals surface area contributed by atoms with Crippen LogP contribution < -0.4 is 11.1 Å². The van der Waals surface area contributed by atoms with E-state index in [0.717, 1.165) is 12.1 Å². The highest BCUT2D eigenvalue weighted by atomic mass is 15.1. The first-order valence-electron chi connectivity index (χ1n) is 6.27. The van der Waals surface area contributed by atoms with Gasteiger partial charge in [0.2, 0.25) is 0 Å². The average molecular weight is 233 g/mol. The number of nitrogens with zero attached hydrogens (tertiary/aromatic N) is 1. The Hall–Kier alpha value is -1.51. The molecule has 0 spiro atoms. The molecule has 0 amide bonds. The van der Waals surface area contributed by atoms with E-state index in [4.69, 9.17) is 5.73 Å². The average Bonchev–Trinajstić information content (AvgIpc) is 2.29. The van der Waals surface area contributed by atoms with Crippen LogP contribution in [0.1, 0.15) is 33.6 Å². The van der Waals surface area contributed by atoms with Crippen molar-refractivity contribution < 1.29 is 0 Å². The Morgan fingerprint density at radius 3 is 2.53 bits per heavy atom. The van der Waals surface area contributed by atoms with Crippen molar-refractivity contribution in [2.45, 2.75) is 39.7 Å². The zero-order chi connectivity index (χ0) is 12.7. The van der Waals surface area contributed by atoms with Crippen LogP contribution in [-0.4, -0.2) is 12.0 Å². The molecule has 94 valence electrons. The lowest BCUT2D eigenvalue weighted by atomic mass is 10.0. The first-order chi connectivity index (χ1) is 8.11. The molecule has 0 aliphatic heterocycles. The fourth-order valence-corrected chi connectivity index (χ4v) is 1.74. The highest BCUT2D eigenvalue weighted by Gasteiger charge is 2.06. The summed E-state index contributed by atoms with van der Waals surface area (Å²) in [6.07, 6.45) is 2.26. The van der Waals surface area contributed by atoms with Gasteiger partial charge in [0, 0.05) is 5.69 Å². The second kappa shape index (κ2) is 6.94. The van der Waals surface area contributed by atoms with Crippen molar-refractivity contribution in [2.75, 3.05) is 5.32 Å². The van der Waals surface area contributed by atoms with Crippen LogP contribution >= 0.6 is 0 Å². The smallest absolute Gasteiger partial charge is 0.193 e. The second-order valence-electron chi connectivity index (χ2n) is 4.60. The van der Waals surface area contributed by atoms with Gasteiger partial charge in [0.15, 0.2) is 5.96 Å². The lowest BCUT2D eigenvalue weighted by Crippen LogP contribution is -2.24. The molecule has 3 heteroatoms. The fraction of sp³-hybridized carbons (Fsp3) is 0.500. The molecule has 0 bridgehead atoms. The highest BCUT2D eigenvalue weighted by molar-refractivity contribution is 5.92. The summed E-state index contributed by atoms with van der Waals surface area (Å²) in [7, 11) is 0. The zero-order valence-corrected chi connectivity index (χ0v) is 11.0. The number of nitrogens with two attached hydrogens (primary N) is 1. The van der Waals surface area contributed by atoms with E-state index < -0.39 is 0 Å². The lowest BCUT2D eigenvalue weighted by Gasteiger charge is -2.13. The van der Waals surface area contributed by atoms with Crippen molar-refractivity contribution in [1.29, 1.82) is 0 Å². The van der Waals surface area contributed by atoms with Crippen LogP contribution in [0.2, 0.25) is 0 Å². The summed E-state index contributed by atoms with van der Waals surface area (Å²) < 4.78 is 0. The van der Waals surface area contributed by atoms with E-state index in [1.165, 1.54) is 6.42 Å². The monoisotopic (exact) mass is 233 g/mol. The van der Waals surface area contributed by atoms with Crippen molar-refractivity contribution in [1.82, 2.24) is 0 Å². The number of nitrogens with one attached hydrogen (secondary N) is 1.